The van der Waals surface area contributed by atoms with Crippen molar-refractivity contribution in [3.8, 4) is 5.75 Å². The number of methoxy groups -OCH3 is 1. The Morgan fingerprint density at radius 3 is 2.35 bits per heavy atom. The first-order chi connectivity index (χ1) is 9.54. The van der Waals surface area contributed by atoms with Gasteiger partial charge in [-0.1, -0.05) is 13.8 Å². The molecule has 1 heterocycles. The van der Waals surface area contributed by atoms with Gasteiger partial charge in [-0.15, -0.1) is 0 Å². The highest BCUT2D eigenvalue weighted by Gasteiger charge is 2.17. The SMILES string of the molecule is COc1ccc(N(C)c2ncnc(N)c2C(C)C)cc1. The van der Waals surface area contributed by atoms with Crippen LogP contribution < -0.4 is 15.4 Å². The number of anilines is 3. The third-order valence-corrected chi connectivity index (χ3v) is 3.25. The molecule has 0 bridgehead atoms. The van der Waals surface area contributed by atoms with Crippen molar-refractivity contribution in [2.45, 2.75) is 19.8 Å². The summed E-state index contributed by atoms with van der Waals surface area (Å²) in [5, 5.41) is 0. The zero-order valence-corrected chi connectivity index (χ0v) is 12.3. The Morgan fingerprint density at radius 1 is 1.15 bits per heavy atom. The molecule has 0 spiro atoms. The summed E-state index contributed by atoms with van der Waals surface area (Å²) in [5.74, 6) is 2.45. The molecule has 2 rings (SSSR count). The Bertz CT molecular complexity index is 581. The van der Waals surface area contributed by atoms with Crippen molar-refractivity contribution in [2.75, 3.05) is 24.8 Å². The monoisotopic (exact) mass is 272 g/mol. The molecule has 0 aliphatic rings. The van der Waals surface area contributed by atoms with Crippen LogP contribution in [0, 0.1) is 0 Å². The van der Waals surface area contributed by atoms with Gasteiger partial charge in [0.25, 0.3) is 0 Å². The average Bonchev–Trinajstić information content (AvgIpc) is 2.46. The highest BCUT2D eigenvalue weighted by molar-refractivity contribution is 5.67. The van der Waals surface area contributed by atoms with Crippen LogP contribution in [-0.2, 0) is 0 Å². The summed E-state index contributed by atoms with van der Waals surface area (Å²) in [6.45, 7) is 4.17. The van der Waals surface area contributed by atoms with E-state index < -0.39 is 0 Å². The number of nitrogens with zero attached hydrogens (tertiary/aromatic N) is 3. The average molecular weight is 272 g/mol. The largest absolute Gasteiger partial charge is 0.497 e. The van der Waals surface area contributed by atoms with Crippen LogP contribution in [-0.4, -0.2) is 24.1 Å². The van der Waals surface area contributed by atoms with Crippen molar-refractivity contribution in [2.24, 2.45) is 0 Å². The molecule has 1 aromatic carbocycles. The zero-order valence-electron chi connectivity index (χ0n) is 12.3. The van der Waals surface area contributed by atoms with E-state index in [2.05, 4.69) is 23.8 Å². The number of benzene rings is 1. The van der Waals surface area contributed by atoms with Crippen LogP contribution in [0.25, 0.3) is 0 Å². The second-order valence-electron chi connectivity index (χ2n) is 4.91. The minimum atomic E-state index is 0.256. The third kappa shape index (κ3) is 2.66. The maximum Gasteiger partial charge on any atom is 0.141 e. The maximum absolute atomic E-state index is 5.99. The smallest absolute Gasteiger partial charge is 0.141 e. The molecule has 0 atom stereocenters. The van der Waals surface area contributed by atoms with E-state index in [1.54, 1.807) is 7.11 Å². The molecule has 0 saturated carbocycles. The Balaban J connectivity index is 2.42. The molecule has 20 heavy (non-hydrogen) atoms. The van der Waals surface area contributed by atoms with Gasteiger partial charge >= 0.3 is 0 Å². The van der Waals surface area contributed by atoms with Crippen molar-refractivity contribution in [1.29, 1.82) is 0 Å². The van der Waals surface area contributed by atoms with Crippen molar-refractivity contribution >= 4 is 17.3 Å². The Morgan fingerprint density at radius 2 is 1.80 bits per heavy atom. The van der Waals surface area contributed by atoms with Crippen LogP contribution in [0.15, 0.2) is 30.6 Å². The normalized spacial score (nSPS) is 10.7. The summed E-state index contributed by atoms with van der Waals surface area (Å²) in [6, 6.07) is 7.82. The van der Waals surface area contributed by atoms with E-state index in [9.17, 15) is 0 Å². The fourth-order valence-corrected chi connectivity index (χ4v) is 2.15. The molecule has 0 radical (unpaired) electrons. The Hall–Kier alpha value is -2.30. The number of ether oxygens (including phenoxy) is 1. The van der Waals surface area contributed by atoms with Gasteiger partial charge in [0.1, 0.15) is 23.7 Å². The lowest BCUT2D eigenvalue weighted by Gasteiger charge is -2.23. The molecule has 0 unspecified atom stereocenters. The molecule has 0 saturated heterocycles. The van der Waals surface area contributed by atoms with Crippen LogP contribution in [0.4, 0.5) is 17.3 Å². The fourth-order valence-electron chi connectivity index (χ4n) is 2.15. The first-order valence-corrected chi connectivity index (χ1v) is 6.52. The minimum Gasteiger partial charge on any atom is -0.497 e. The zero-order chi connectivity index (χ0) is 14.7. The van der Waals surface area contributed by atoms with Crippen molar-refractivity contribution in [3.05, 3.63) is 36.2 Å². The third-order valence-electron chi connectivity index (χ3n) is 3.25. The topological polar surface area (TPSA) is 64.3 Å². The van der Waals surface area contributed by atoms with E-state index in [0.717, 1.165) is 22.8 Å². The first kappa shape index (κ1) is 14.1. The predicted molar refractivity (Wildman–Crippen MR) is 81.6 cm³/mol. The summed E-state index contributed by atoms with van der Waals surface area (Å²) < 4.78 is 5.17. The van der Waals surface area contributed by atoms with E-state index >= 15 is 0 Å². The lowest BCUT2D eigenvalue weighted by atomic mass is 10.0. The molecule has 5 heteroatoms. The van der Waals surface area contributed by atoms with E-state index in [-0.39, 0.29) is 5.92 Å². The molecule has 0 amide bonds. The molecule has 0 aliphatic heterocycles. The van der Waals surface area contributed by atoms with Gasteiger partial charge in [0.2, 0.25) is 0 Å². The summed E-state index contributed by atoms with van der Waals surface area (Å²) in [7, 11) is 3.62. The number of nitrogens with two attached hydrogens (primary N) is 1. The van der Waals surface area contributed by atoms with E-state index in [1.807, 2.05) is 36.2 Å². The van der Waals surface area contributed by atoms with Gasteiger partial charge in [-0.2, -0.15) is 0 Å². The Kier molecular flexibility index (Phi) is 4.08. The second kappa shape index (κ2) is 5.77. The number of hydrogen-bond donors (Lipinski definition) is 1. The minimum absolute atomic E-state index is 0.256. The van der Waals surface area contributed by atoms with Gasteiger partial charge in [0.05, 0.1) is 7.11 Å². The maximum atomic E-state index is 5.99. The lowest BCUT2D eigenvalue weighted by Crippen LogP contribution is -2.16. The standard InChI is InChI=1S/C15H20N4O/c1-10(2)13-14(16)17-9-18-15(13)19(3)11-5-7-12(20-4)8-6-11/h5-10H,1-4H3,(H2,16,17,18). The van der Waals surface area contributed by atoms with Gasteiger partial charge in [-0.25, -0.2) is 9.97 Å². The van der Waals surface area contributed by atoms with Gasteiger partial charge in [-0.05, 0) is 30.2 Å². The van der Waals surface area contributed by atoms with Crippen molar-refractivity contribution in [1.82, 2.24) is 9.97 Å². The second-order valence-corrected chi connectivity index (χ2v) is 4.91. The van der Waals surface area contributed by atoms with Gasteiger partial charge in [0.15, 0.2) is 0 Å². The van der Waals surface area contributed by atoms with E-state index in [4.69, 9.17) is 10.5 Å². The number of hydrogen-bond acceptors (Lipinski definition) is 5. The molecular formula is C15H20N4O. The first-order valence-electron chi connectivity index (χ1n) is 6.52. The number of nitrogen functional groups attached to an aromatic ring is 1. The van der Waals surface area contributed by atoms with Crippen LogP contribution in [0.1, 0.15) is 25.3 Å². The lowest BCUT2D eigenvalue weighted by molar-refractivity contribution is 0.415. The highest BCUT2D eigenvalue weighted by atomic mass is 16.5. The van der Waals surface area contributed by atoms with Crippen molar-refractivity contribution < 1.29 is 4.74 Å². The van der Waals surface area contributed by atoms with Crippen LogP contribution >= 0.6 is 0 Å². The van der Waals surface area contributed by atoms with Crippen LogP contribution in [0.2, 0.25) is 0 Å². The molecule has 0 aliphatic carbocycles. The molecule has 106 valence electrons. The number of rotatable bonds is 4. The highest BCUT2D eigenvalue weighted by Crippen LogP contribution is 2.32. The van der Waals surface area contributed by atoms with Crippen LogP contribution in [0.3, 0.4) is 0 Å². The van der Waals surface area contributed by atoms with Gasteiger partial charge in [-0.3, -0.25) is 0 Å². The molecule has 0 fully saturated rings. The van der Waals surface area contributed by atoms with Gasteiger partial charge in [0, 0.05) is 18.3 Å². The molecule has 2 aromatic rings. The summed E-state index contributed by atoms with van der Waals surface area (Å²) in [4.78, 5) is 10.5. The summed E-state index contributed by atoms with van der Waals surface area (Å²) in [6.07, 6.45) is 1.50. The van der Waals surface area contributed by atoms with Gasteiger partial charge < -0.3 is 15.4 Å². The molecule has 2 N–H and O–H groups in total. The molecular weight excluding hydrogens is 252 g/mol. The van der Waals surface area contributed by atoms with Crippen molar-refractivity contribution in [3.63, 3.8) is 0 Å². The van der Waals surface area contributed by atoms with Crippen LogP contribution in [0.5, 0.6) is 5.75 Å². The fraction of sp³-hybridized carbons (Fsp3) is 0.333. The summed E-state index contributed by atoms with van der Waals surface area (Å²) in [5.41, 5.74) is 7.97. The molecule has 5 nitrogen and oxygen atoms in total. The van der Waals surface area contributed by atoms with E-state index in [1.165, 1.54) is 6.33 Å². The quantitative estimate of drug-likeness (QED) is 0.927. The number of aromatic nitrogens is 2. The van der Waals surface area contributed by atoms with E-state index in [0.29, 0.717) is 5.82 Å². The molecule has 1 aromatic heterocycles. The predicted octanol–water partition coefficient (Wildman–Crippen LogP) is 2.96. The Labute approximate surface area is 119 Å². The summed E-state index contributed by atoms with van der Waals surface area (Å²) >= 11 is 0.